The molecule has 0 spiro atoms. The molecule has 0 radical (unpaired) electrons. The number of hydrogen-bond donors (Lipinski definition) is 0. The zero-order valence-corrected chi connectivity index (χ0v) is 24.4. The lowest BCUT2D eigenvalue weighted by molar-refractivity contribution is 1.09. The second-order valence-corrected chi connectivity index (χ2v) is 13.1. The largest absolute Gasteiger partial charge is 0.292 e. The second-order valence-electron chi connectivity index (χ2n) is 11.0. The minimum Gasteiger partial charge on any atom is -0.292 e. The van der Waals surface area contributed by atoms with Crippen molar-refractivity contribution in [3.63, 3.8) is 0 Å². The second kappa shape index (κ2) is 8.71. The van der Waals surface area contributed by atoms with E-state index in [2.05, 4.69) is 132 Å². The maximum atomic E-state index is 5.47. The zero-order chi connectivity index (χ0) is 28.1. The Morgan fingerprint density at radius 3 is 2.00 bits per heavy atom. The average Bonchev–Trinajstić information content (AvgIpc) is 3.71. The van der Waals surface area contributed by atoms with Gasteiger partial charge in [-0.15, -0.1) is 22.7 Å². The van der Waals surface area contributed by atoms with Crippen LogP contribution in [0.3, 0.4) is 0 Å². The zero-order valence-electron chi connectivity index (χ0n) is 22.8. The van der Waals surface area contributed by atoms with Crippen LogP contribution < -0.4 is 0 Å². The molecule has 5 heteroatoms. The van der Waals surface area contributed by atoms with Gasteiger partial charge in [-0.25, -0.2) is 9.97 Å². The van der Waals surface area contributed by atoms with Crippen molar-refractivity contribution in [3.8, 4) is 17.1 Å². The first kappa shape index (κ1) is 23.5. The number of nitrogens with zero attached hydrogens (tertiary/aromatic N) is 3. The van der Waals surface area contributed by atoms with Crippen LogP contribution in [0, 0.1) is 0 Å². The molecule has 0 aliphatic carbocycles. The third kappa shape index (κ3) is 3.35. The summed E-state index contributed by atoms with van der Waals surface area (Å²) < 4.78 is 6.12. The Bertz CT molecular complexity index is 2750. The summed E-state index contributed by atoms with van der Waals surface area (Å²) in [6, 6.07) is 45.8. The first-order chi connectivity index (χ1) is 21.3. The number of fused-ring (bicyclic) bond motifs is 10. The summed E-state index contributed by atoms with van der Waals surface area (Å²) in [6.45, 7) is 0. The maximum absolute atomic E-state index is 5.47. The summed E-state index contributed by atoms with van der Waals surface area (Å²) in [4.78, 5) is 11.9. The molecule has 0 bridgehead atoms. The Kier molecular flexibility index (Phi) is 4.75. The third-order valence-electron chi connectivity index (χ3n) is 8.60. The van der Waals surface area contributed by atoms with Crippen molar-refractivity contribution < 1.29 is 0 Å². The highest BCUT2D eigenvalue weighted by molar-refractivity contribution is 7.26. The van der Waals surface area contributed by atoms with E-state index in [4.69, 9.17) is 9.97 Å². The van der Waals surface area contributed by atoms with E-state index in [9.17, 15) is 0 Å². The Morgan fingerprint density at radius 1 is 0.465 bits per heavy atom. The van der Waals surface area contributed by atoms with Gasteiger partial charge in [-0.1, -0.05) is 84.9 Å². The van der Waals surface area contributed by atoms with E-state index in [1.54, 1.807) is 11.3 Å². The Hall–Kier alpha value is -5.10. The molecule has 0 N–H and O–H groups in total. The van der Waals surface area contributed by atoms with E-state index in [-0.39, 0.29) is 0 Å². The lowest BCUT2D eigenvalue weighted by Gasteiger charge is -2.13. The highest BCUT2D eigenvalue weighted by Crippen LogP contribution is 2.42. The molecule has 4 aromatic heterocycles. The molecule has 0 saturated heterocycles. The Labute approximate surface area is 253 Å². The summed E-state index contributed by atoms with van der Waals surface area (Å²) >= 11 is 3.55. The van der Waals surface area contributed by atoms with Gasteiger partial charge in [-0.2, -0.15) is 0 Å². The molecule has 0 unspecified atom stereocenters. The SMILES string of the molecule is c1ccc2cc3c(cc2c1)c1ccccc1n3-c1nc2sc3ccccc3c2nc1-c1ccc2sc3ccccc3c2c1. The van der Waals surface area contributed by atoms with Crippen molar-refractivity contribution >= 4 is 95.9 Å². The van der Waals surface area contributed by atoms with E-state index >= 15 is 0 Å². The molecule has 6 aromatic carbocycles. The van der Waals surface area contributed by atoms with E-state index < -0.39 is 0 Å². The summed E-state index contributed by atoms with van der Waals surface area (Å²) in [5.41, 5.74) is 5.19. The molecule has 3 nitrogen and oxygen atoms in total. The van der Waals surface area contributed by atoms with Crippen LogP contribution in [0.2, 0.25) is 0 Å². The first-order valence-corrected chi connectivity index (χ1v) is 16.0. The van der Waals surface area contributed by atoms with E-state index in [1.165, 1.54) is 46.4 Å². The standard InChI is InChI=1S/C38H21N3S2/c1-2-10-23-21-31-28(19-22(23)9-1)25-11-3-6-14-30(25)41(31)37-35(39-36-27-13-5-8-16-33(27)43-38(36)40-37)24-17-18-34-29(20-24)26-12-4-7-15-32(26)42-34/h1-21H. The number of para-hydroxylation sites is 1. The van der Waals surface area contributed by atoms with Crippen molar-refractivity contribution in [1.29, 1.82) is 0 Å². The minimum atomic E-state index is 0.861. The van der Waals surface area contributed by atoms with Gasteiger partial charge < -0.3 is 0 Å². The first-order valence-electron chi connectivity index (χ1n) is 14.3. The fourth-order valence-electron chi connectivity index (χ4n) is 6.62. The van der Waals surface area contributed by atoms with Gasteiger partial charge >= 0.3 is 0 Å². The number of hydrogen-bond acceptors (Lipinski definition) is 4. The molecule has 0 saturated carbocycles. The van der Waals surface area contributed by atoms with Crippen molar-refractivity contribution in [2.24, 2.45) is 0 Å². The number of rotatable bonds is 2. The van der Waals surface area contributed by atoms with Crippen molar-refractivity contribution in [1.82, 2.24) is 14.5 Å². The van der Waals surface area contributed by atoms with Crippen LogP contribution in [0.15, 0.2) is 127 Å². The van der Waals surface area contributed by atoms with Crippen LogP contribution in [0.25, 0.3) is 90.3 Å². The van der Waals surface area contributed by atoms with Gasteiger partial charge in [0.2, 0.25) is 0 Å². The summed E-state index contributed by atoms with van der Waals surface area (Å²) in [5, 5.41) is 8.57. The van der Waals surface area contributed by atoms with E-state index in [1.807, 2.05) is 11.3 Å². The molecule has 0 amide bonds. The average molecular weight is 584 g/mol. The van der Waals surface area contributed by atoms with Gasteiger partial charge in [0, 0.05) is 46.6 Å². The van der Waals surface area contributed by atoms with Gasteiger partial charge in [0.05, 0.1) is 11.0 Å². The fourth-order valence-corrected chi connectivity index (χ4v) is 8.72. The Morgan fingerprint density at radius 2 is 1.14 bits per heavy atom. The monoisotopic (exact) mass is 583 g/mol. The number of aromatic nitrogens is 3. The fraction of sp³-hybridized carbons (Fsp3) is 0. The lowest BCUT2D eigenvalue weighted by Crippen LogP contribution is -2.03. The molecular formula is C38H21N3S2. The molecule has 200 valence electrons. The normalized spacial score (nSPS) is 12.2. The van der Waals surface area contributed by atoms with Gasteiger partial charge in [0.25, 0.3) is 0 Å². The van der Waals surface area contributed by atoms with Crippen LogP contribution in [-0.2, 0) is 0 Å². The lowest BCUT2D eigenvalue weighted by atomic mass is 10.1. The highest BCUT2D eigenvalue weighted by atomic mass is 32.1. The summed E-state index contributed by atoms with van der Waals surface area (Å²) in [7, 11) is 0. The van der Waals surface area contributed by atoms with Gasteiger partial charge in [-0.05, 0) is 53.2 Å². The number of benzene rings is 6. The molecule has 4 heterocycles. The molecular weight excluding hydrogens is 563 g/mol. The molecule has 0 fully saturated rings. The smallest absolute Gasteiger partial charge is 0.166 e. The van der Waals surface area contributed by atoms with E-state index in [0.29, 0.717) is 0 Å². The van der Waals surface area contributed by atoms with E-state index in [0.717, 1.165) is 43.8 Å². The van der Waals surface area contributed by atoms with Crippen molar-refractivity contribution in [2.45, 2.75) is 0 Å². The predicted molar refractivity (Wildman–Crippen MR) is 185 cm³/mol. The molecule has 0 atom stereocenters. The van der Waals surface area contributed by atoms with Crippen LogP contribution in [0.4, 0.5) is 0 Å². The van der Waals surface area contributed by atoms with Crippen LogP contribution >= 0.6 is 22.7 Å². The Balaban J connectivity index is 1.37. The summed E-state index contributed by atoms with van der Waals surface area (Å²) in [5.74, 6) is 0.861. The minimum absolute atomic E-state index is 0.861. The highest BCUT2D eigenvalue weighted by Gasteiger charge is 2.22. The van der Waals surface area contributed by atoms with Gasteiger partial charge in [0.15, 0.2) is 5.82 Å². The number of thiophene rings is 2. The van der Waals surface area contributed by atoms with Crippen molar-refractivity contribution in [2.75, 3.05) is 0 Å². The molecule has 10 rings (SSSR count). The van der Waals surface area contributed by atoms with Crippen LogP contribution in [-0.4, -0.2) is 14.5 Å². The van der Waals surface area contributed by atoms with Crippen LogP contribution in [0.5, 0.6) is 0 Å². The quantitative estimate of drug-likeness (QED) is 0.203. The third-order valence-corrected chi connectivity index (χ3v) is 10.8. The van der Waals surface area contributed by atoms with Crippen LogP contribution in [0.1, 0.15) is 0 Å². The van der Waals surface area contributed by atoms with Gasteiger partial charge in [-0.3, -0.25) is 4.57 Å². The summed E-state index contributed by atoms with van der Waals surface area (Å²) in [6.07, 6.45) is 0. The van der Waals surface area contributed by atoms with Crippen molar-refractivity contribution in [3.05, 3.63) is 127 Å². The predicted octanol–water partition coefficient (Wildman–Crippen LogP) is 11.1. The maximum Gasteiger partial charge on any atom is 0.166 e. The topological polar surface area (TPSA) is 30.7 Å². The molecule has 0 aliphatic rings. The molecule has 10 aromatic rings. The van der Waals surface area contributed by atoms with Gasteiger partial charge in [0.1, 0.15) is 16.0 Å². The molecule has 0 aliphatic heterocycles. The molecule has 43 heavy (non-hydrogen) atoms.